The van der Waals surface area contributed by atoms with Crippen molar-refractivity contribution >= 4 is 29.3 Å². The summed E-state index contributed by atoms with van der Waals surface area (Å²) in [6, 6.07) is 6.84. The first kappa shape index (κ1) is 17.3. The highest BCUT2D eigenvalue weighted by molar-refractivity contribution is 6.30. The second kappa shape index (κ2) is 7.14. The molecule has 2 atom stereocenters. The molecule has 0 saturated heterocycles. The maximum Gasteiger partial charge on any atom is 0.313 e. The van der Waals surface area contributed by atoms with E-state index >= 15 is 0 Å². The molecule has 0 bridgehead atoms. The van der Waals surface area contributed by atoms with Crippen LogP contribution in [-0.4, -0.2) is 29.7 Å². The van der Waals surface area contributed by atoms with E-state index < -0.39 is 23.9 Å². The molecule has 0 radical (unpaired) electrons. The van der Waals surface area contributed by atoms with E-state index in [1.54, 1.807) is 31.2 Å². The first-order chi connectivity index (χ1) is 11.9. The number of fused-ring (bicyclic) bond motifs is 1. The maximum atomic E-state index is 12.3. The second-order valence-electron chi connectivity index (χ2n) is 5.86. The Morgan fingerprint density at radius 2 is 2.20 bits per heavy atom. The summed E-state index contributed by atoms with van der Waals surface area (Å²) in [4.78, 5) is 24.4. The summed E-state index contributed by atoms with van der Waals surface area (Å²) in [5.74, 6) is 0.0779. The molecule has 1 aromatic heterocycles. The van der Waals surface area contributed by atoms with Crippen LogP contribution in [0, 0.1) is 12.8 Å². The van der Waals surface area contributed by atoms with Gasteiger partial charge in [0.25, 0.3) is 5.91 Å². The molecule has 0 aliphatic carbocycles. The van der Waals surface area contributed by atoms with Crippen molar-refractivity contribution in [2.75, 3.05) is 11.9 Å². The van der Waals surface area contributed by atoms with Gasteiger partial charge in [0, 0.05) is 11.1 Å². The lowest BCUT2D eigenvalue weighted by molar-refractivity contribution is -0.158. The van der Waals surface area contributed by atoms with Gasteiger partial charge in [0.05, 0.1) is 5.92 Å². The highest BCUT2D eigenvalue weighted by atomic mass is 35.5. The van der Waals surface area contributed by atoms with E-state index in [0.29, 0.717) is 23.0 Å². The fourth-order valence-corrected chi connectivity index (χ4v) is 2.69. The molecule has 7 nitrogen and oxygen atoms in total. The van der Waals surface area contributed by atoms with E-state index in [1.807, 2.05) is 0 Å². The number of ether oxygens (including phenoxy) is 2. The number of rotatable bonds is 4. The number of aryl methyl sites for hydroxylation is 1. The molecule has 2 heterocycles. The zero-order valence-electron chi connectivity index (χ0n) is 13.7. The summed E-state index contributed by atoms with van der Waals surface area (Å²) < 4.78 is 15.7. The van der Waals surface area contributed by atoms with Crippen LogP contribution in [0.2, 0.25) is 5.02 Å². The van der Waals surface area contributed by atoms with Crippen LogP contribution in [0.3, 0.4) is 0 Å². The highest BCUT2D eigenvalue weighted by Crippen LogP contribution is 2.30. The summed E-state index contributed by atoms with van der Waals surface area (Å²) in [5, 5.41) is 6.76. The van der Waals surface area contributed by atoms with Crippen molar-refractivity contribution < 1.29 is 23.6 Å². The minimum absolute atomic E-state index is 0.199. The molecule has 8 heteroatoms. The number of amides is 1. The van der Waals surface area contributed by atoms with Crippen molar-refractivity contribution in [1.82, 2.24) is 5.16 Å². The Balaban J connectivity index is 1.57. The Hall–Kier alpha value is -2.54. The Morgan fingerprint density at radius 1 is 1.40 bits per heavy atom. The Bertz CT molecular complexity index is 804. The molecule has 2 aromatic rings. The molecule has 0 unspecified atom stereocenters. The van der Waals surface area contributed by atoms with Crippen molar-refractivity contribution in [3.8, 4) is 5.75 Å². The largest absolute Gasteiger partial charge is 0.492 e. The second-order valence-corrected chi connectivity index (χ2v) is 6.29. The van der Waals surface area contributed by atoms with Gasteiger partial charge in [-0.1, -0.05) is 16.8 Å². The van der Waals surface area contributed by atoms with Gasteiger partial charge < -0.3 is 19.3 Å². The monoisotopic (exact) mass is 364 g/mol. The first-order valence-electron chi connectivity index (χ1n) is 7.78. The van der Waals surface area contributed by atoms with E-state index in [4.69, 9.17) is 25.6 Å². The third kappa shape index (κ3) is 4.11. The van der Waals surface area contributed by atoms with Crippen LogP contribution >= 0.6 is 11.6 Å². The summed E-state index contributed by atoms with van der Waals surface area (Å²) in [7, 11) is 0. The molecular formula is C17H17ClN2O5. The van der Waals surface area contributed by atoms with Gasteiger partial charge in [-0.05, 0) is 44.0 Å². The van der Waals surface area contributed by atoms with Gasteiger partial charge >= 0.3 is 5.97 Å². The fraction of sp³-hybridized carbons (Fsp3) is 0.353. The van der Waals surface area contributed by atoms with Gasteiger partial charge in [0.1, 0.15) is 18.1 Å². The van der Waals surface area contributed by atoms with E-state index in [1.165, 1.54) is 6.92 Å². The predicted molar refractivity (Wildman–Crippen MR) is 89.6 cm³/mol. The van der Waals surface area contributed by atoms with Gasteiger partial charge in [0.2, 0.25) is 0 Å². The molecule has 0 fully saturated rings. The summed E-state index contributed by atoms with van der Waals surface area (Å²) in [6.07, 6.45) is -0.517. The van der Waals surface area contributed by atoms with Gasteiger partial charge in [-0.3, -0.25) is 9.59 Å². The van der Waals surface area contributed by atoms with Crippen molar-refractivity contribution in [3.05, 3.63) is 40.6 Å². The lowest BCUT2D eigenvalue weighted by Crippen LogP contribution is -2.36. The van der Waals surface area contributed by atoms with Crippen LogP contribution in [0.15, 0.2) is 28.8 Å². The zero-order valence-corrected chi connectivity index (χ0v) is 14.5. The smallest absolute Gasteiger partial charge is 0.313 e. The number of carbonyl (C=O) groups is 2. The van der Waals surface area contributed by atoms with Crippen LogP contribution in [0.4, 0.5) is 5.82 Å². The lowest BCUT2D eigenvalue weighted by Gasteiger charge is -2.25. The molecule has 0 saturated carbocycles. The molecule has 1 amide bonds. The number of carbonyl (C=O) groups excluding carboxylic acids is 2. The van der Waals surface area contributed by atoms with Crippen molar-refractivity contribution in [3.63, 3.8) is 0 Å². The summed E-state index contributed by atoms with van der Waals surface area (Å²) in [5.41, 5.74) is 0.843. The number of nitrogens with one attached hydrogen (secondary N) is 1. The Labute approximate surface area is 149 Å². The predicted octanol–water partition coefficient (Wildman–Crippen LogP) is 2.76. The standard InChI is InChI=1S/C17H17ClN2O5/c1-9-5-15(20-25-9)19-16(21)10(2)24-17(22)12-6-11-7-13(18)3-4-14(11)23-8-12/h3-5,7,10,12H,6,8H2,1-2H3,(H,19,20,21)/t10-,12-/m0/s1. The molecule has 1 aromatic carbocycles. The Kier molecular flexibility index (Phi) is 4.94. The maximum absolute atomic E-state index is 12.3. The van der Waals surface area contributed by atoms with E-state index in [-0.39, 0.29) is 12.4 Å². The van der Waals surface area contributed by atoms with Crippen LogP contribution in [-0.2, 0) is 20.7 Å². The number of anilines is 1. The van der Waals surface area contributed by atoms with Gasteiger partial charge in [0.15, 0.2) is 11.9 Å². The molecule has 1 aliphatic heterocycles. The average Bonchev–Trinajstić information content (AvgIpc) is 2.98. The van der Waals surface area contributed by atoms with Crippen LogP contribution < -0.4 is 10.1 Å². The molecule has 0 spiro atoms. The quantitative estimate of drug-likeness (QED) is 0.839. The van der Waals surface area contributed by atoms with Crippen LogP contribution in [0.5, 0.6) is 5.75 Å². The number of hydrogen-bond donors (Lipinski definition) is 1. The third-order valence-corrected chi connectivity index (χ3v) is 4.04. The van der Waals surface area contributed by atoms with Crippen molar-refractivity contribution in [2.45, 2.75) is 26.4 Å². The molecule has 25 heavy (non-hydrogen) atoms. The molecule has 1 aliphatic rings. The van der Waals surface area contributed by atoms with Crippen LogP contribution in [0.1, 0.15) is 18.2 Å². The fourth-order valence-electron chi connectivity index (χ4n) is 2.49. The first-order valence-corrected chi connectivity index (χ1v) is 8.16. The molecule has 3 rings (SSSR count). The highest BCUT2D eigenvalue weighted by Gasteiger charge is 2.30. The zero-order chi connectivity index (χ0) is 18.0. The number of benzene rings is 1. The van der Waals surface area contributed by atoms with Crippen LogP contribution in [0.25, 0.3) is 0 Å². The summed E-state index contributed by atoms with van der Waals surface area (Å²) >= 11 is 5.97. The number of halogens is 1. The topological polar surface area (TPSA) is 90.7 Å². The van der Waals surface area contributed by atoms with Gasteiger partial charge in [-0.25, -0.2) is 0 Å². The van der Waals surface area contributed by atoms with Crippen molar-refractivity contribution in [1.29, 1.82) is 0 Å². The SMILES string of the molecule is Cc1cc(NC(=O)[C@H](C)OC(=O)[C@@H]2COc3ccc(Cl)cc3C2)no1. The van der Waals surface area contributed by atoms with E-state index in [0.717, 1.165) is 5.56 Å². The van der Waals surface area contributed by atoms with Gasteiger partial charge in [-0.2, -0.15) is 0 Å². The van der Waals surface area contributed by atoms with E-state index in [2.05, 4.69) is 10.5 Å². The minimum Gasteiger partial charge on any atom is -0.492 e. The molecule has 1 N–H and O–H groups in total. The average molecular weight is 365 g/mol. The molecule has 132 valence electrons. The minimum atomic E-state index is -0.967. The number of nitrogens with zero attached hydrogens (tertiary/aromatic N) is 1. The number of esters is 1. The Morgan fingerprint density at radius 3 is 2.92 bits per heavy atom. The third-order valence-electron chi connectivity index (χ3n) is 3.80. The van der Waals surface area contributed by atoms with Crippen molar-refractivity contribution in [2.24, 2.45) is 5.92 Å². The van der Waals surface area contributed by atoms with E-state index in [9.17, 15) is 9.59 Å². The lowest BCUT2D eigenvalue weighted by atomic mass is 9.97. The van der Waals surface area contributed by atoms with Gasteiger partial charge in [-0.15, -0.1) is 0 Å². The number of aromatic nitrogens is 1. The number of hydrogen-bond acceptors (Lipinski definition) is 6. The summed E-state index contributed by atoms with van der Waals surface area (Å²) in [6.45, 7) is 3.40. The normalized spacial score (nSPS) is 17.2. The molecular weight excluding hydrogens is 348 g/mol.